The summed E-state index contributed by atoms with van der Waals surface area (Å²) in [5, 5.41) is 3.03. The monoisotopic (exact) mass is 291 g/mol. The smallest absolute Gasteiger partial charge is 0.322 e. The summed E-state index contributed by atoms with van der Waals surface area (Å²) in [6.07, 6.45) is 0. The van der Waals surface area contributed by atoms with E-state index in [1.807, 2.05) is 24.3 Å². The van der Waals surface area contributed by atoms with Crippen molar-refractivity contribution in [2.75, 3.05) is 62.8 Å². The number of morpholine rings is 2. The highest BCUT2D eigenvalue weighted by molar-refractivity contribution is 5.93. The van der Waals surface area contributed by atoms with Gasteiger partial charge in [-0.05, 0) is 12.1 Å². The Kier molecular flexibility index (Phi) is 4.57. The maximum absolute atomic E-state index is 12.3. The molecular formula is C15H21N3O3. The number of para-hydroxylation sites is 2. The summed E-state index contributed by atoms with van der Waals surface area (Å²) in [6, 6.07) is 7.87. The number of hydrogen-bond acceptors (Lipinski definition) is 4. The van der Waals surface area contributed by atoms with Crippen molar-refractivity contribution in [3.63, 3.8) is 0 Å². The third-order valence-electron chi connectivity index (χ3n) is 3.80. The van der Waals surface area contributed by atoms with E-state index in [-0.39, 0.29) is 6.03 Å². The Bertz CT molecular complexity index is 483. The molecule has 2 aliphatic heterocycles. The molecule has 0 aliphatic carbocycles. The van der Waals surface area contributed by atoms with Gasteiger partial charge in [0.05, 0.1) is 37.8 Å². The van der Waals surface area contributed by atoms with Gasteiger partial charge in [-0.25, -0.2) is 4.79 Å². The second kappa shape index (κ2) is 6.78. The highest BCUT2D eigenvalue weighted by Crippen LogP contribution is 2.26. The van der Waals surface area contributed by atoms with Crippen LogP contribution in [0.25, 0.3) is 0 Å². The molecule has 0 atom stereocenters. The van der Waals surface area contributed by atoms with Crippen molar-refractivity contribution in [1.82, 2.24) is 4.90 Å². The molecule has 3 rings (SSSR count). The van der Waals surface area contributed by atoms with Crippen molar-refractivity contribution in [3.05, 3.63) is 24.3 Å². The van der Waals surface area contributed by atoms with Gasteiger partial charge >= 0.3 is 6.03 Å². The first-order valence-corrected chi connectivity index (χ1v) is 7.40. The van der Waals surface area contributed by atoms with Crippen molar-refractivity contribution < 1.29 is 14.3 Å². The van der Waals surface area contributed by atoms with E-state index in [1.54, 1.807) is 4.90 Å². The van der Waals surface area contributed by atoms with Crippen molar-refractivity contribution in [3.8, 4) is 0 Å². The summed E-state index contributed by atoms with van der Waals surface area (Å²) in [4.78, 5) is 16.4. The zero-order valence-corrected chi connectivity index (χ0v) is 12.1. The molecule has 0 spiro atoms. The summed E-state index contributed by atoms with van der Waals surface area (Å²) < 4.78 is 10.7. The number of anilines is 2. The molecule has 2 fully saturated rings. The van der Waals surface area contributed by atoms with Gasteiger partial charge < -0.3 is 24.6 Å². The normalized spacial score (nSPS) is 19.4. The van der Waals surface area contributed by atoms with Crippen LogP contribution in [0.1, 0.15) is 0 Å². The third kappa shape index (κ3) is 3.46. The predicted octanol–water partition coefficient (Wildman–Crippen LogP) is 1.39. The molecule has 6 heteroatoms. The lowest BCUT2D eigenvalue weighted by atomic mass is 10.2. The van der Waals surface area contributed by atoms with Crippen LogP contribution in [0.15, 0.2) is 24.3 Å². The number of hydrogen-bond donors (Lipinski definition) is 1. The summed E-state index contributed by atoms with van der Waals surface area (Å²) in [7, 11) is 0. The van der Waals surface area contributed by atoms with Gasteiger partial charge in [-0.2, -0.15) is 0 Å². The van der Waals surface area contributed by atoms with Crippen LogP contribution in [0, 0.1) is 0 Å². The third-order valence-corrected chi connectivity index (χ3v) is 3.80. The van der Waals surface area contributed by atoms with Crippen molar-refractivity contribution in [2.45, 2.75) is 0 Å². The Hall–Kier alpha value is -1.79. The standard InChI is InChI=1S/C15H21N3O3/c19-15(18-7-11-21-12-8-18)16-13-3-1-2-4-14(13)17-5-9-20-10-6-17/h1-4H,5-12H2,(H,16,19). The van der Waals surface area contributed by atoms with Crippen LogP contribution in [-0.2, 0) is 9.47 Å². The molecule has 2 heterocycles. The van der Waals surface area contributed by atoms with E-state index < -0.39 is 0 Å². The molecule has 0 radical (unpaired) electrons. The second-order valence-corrected chi connectivity index (χ2v) is 5.15. The minimum atomic E-state index is -0.0565. The lowest BCUT2D eigenvalue weighted by molar-refractivity contribution is 0.0564. The maximum Gasteiger partial charge on any atom is 0.322 e. The Balaban J connectivity index is 1.70. The zero-order chi connectivity index (χ0) is 14.5. The largest absolute Gasteiger partial charge is 0.378 e. The van der Waals surface area contributed by atoms with Crippen LogP contribution in [0.2, 0.25) is 0 Å². The van der Waals surface area contributed by atoms with Crippen LogP contribution in [-0.4, -0.2) is 63.5 Å². The number of rotatable bonds is 2. The fourth-order valence-electron chi connectivity index (χ4n) is 2.62. The number of nitrogens with zero attached hydrogens (tertiary/aromatic N) is 2. The van der Waals surface area contributed by atoms with E-state index in [2.05, 4.69) is 10.2 Å². The number of benzene rings is 1. The van der Waals surface area contributed by atoms with Gasteiger partial charge in [-0.1, -0.05) is 12.1 Å². The summed E-state index contributed by atoms with van der Waals surface area (Å²) in [5.74, 6) is 0. The lowest BCUT2D eigenvalue weighted by Gasteiger charge is -2.31. The quantitative estimate of drug-likeness (QED) is 0.894. The van der Waals surface area contributed by atoms with Crippen molar-refractivity contribution in [2.24, 2.45) is 0 Å². The summed E-state index contributed by atoms with van der Waals surface area (Å²) in [6.45, 7) is 5.67. The number of ether oxygens (including phenoxy) is 2. The molecule has 1 aromatic rings. The second-order valence-electron chi connectivity index (χ2n) is 5.15. The SMILES string of the molecule is O=C(Nc1ccccc1N1CCOCC1)N1CCOCC1. The summed E-state index contributed by atoms with van der Waals surface area (Å²) in [5.41, 5.74) is 1.92. The molecule has 2 amide bonds. The Morgan fingerprint density at radius 1 is 0.952 bits per heavy atom. The molecule has 2 saturated heterocycles. The first-order chi connectivity index (χ1) is 10.3. The van der Waals surface area contributed by atoms with Gasteiger partial charge in [0.15, 0.2) is 0 Å². The molecule has 21 heavy (non-hydrogen) atoms. The minimum Gasteiger partial charge on any atom is -0.378 e. The van der Waals surface area contributed by atoms with Crippen LogP contribution in [0.3, 0.4) is 0 Å². The predicted molar refractivity (Wildman–Crippen MR) is 80.9 cm³/mol. The van der Waals surface area contributed by atoms with Crippen molar-refractivity contribution >= 4 is 17.4 Å². The molecule has 0 saturated carbocycles. The molecule has 2 aliphatic rings. The molecule has 1 aromatic carbocycles. The van der Waals surface area contributed by atoms with E-state index in [9.17, 15) is 4.79 Å². The average molecular weight is 291 g/mol. The van der Waals surface area contributed by atoms with Gasteiger partial charge in [0.2, 0.25) is 0 Å². The fourth-order valence-corrected chi connectivity index (χ4v) is 2.62. The van der Waals surface area contributed by atoms with Crippen LogP contribution < -0.4 is 10.2 Å². The number of amides is 2. The van der Waals surface area contributed by atoms with E-state index in [1.165, 1.54) is 0 Å². The molecule has 6 nitrogen and oxygen atoms in total. The first-order valence-electron chi connectivity index (χ1n) is 7.40. The van der Waals surface area contributed by atoms with Gasteiger partial charge in [0.1, 0.15) is 0 Å². The molecular weight excluding hydrogens is 270 g/mol. The highest BCUT2D eigenvalue weighted by Gasteiger charge is 2.19. The van der Waals surface area contributed by atoms with E-state index >= 15 is 0 Å². The Morgan fingerprint density at radius 2 is 1.57 bits per heavy atom. The summed E-state index contributed by atoms with van der Waals surface area (Å²) >= 11 is 0. The fraction of sp³-hybridized carbons (Fsp3) is 0.533. The molecule has 0 unspecified atom stereocenters. The number of carbonyl (C=O) groups excluding carboxylic acids is 1. The van der Waals surface area contributed by atoms with Gasteiger partial charge in [0, 0.05) is 26.2 Å². The lowest BCUT2D eigenvalue weighted by Crippen LogP contribution is -2.43. The van der Waals surface area contributed by atoms with Crippen LogP contribution >= 0.6 is 0 Å². The van der Waals surface area contributed by atoms with Crippen LogP contribution in [0.5, 0.6) is 0 Å². The molecule has 0 bridgehead atoms. The topological polar surface area (TPSA) is 54.0 Å². The van der Waals surface area contributed by atoms with E-state index in [0.717, 1.165) is 37.7 Å². The number of nitrogens with one attached hydrogen (secondary N) is 1. The number of carbonyl (C=O) groups is 1. The zero-order valence-electron chi connectivity index (χ0n) is 12.1. The number of urea groups is 1. The Labute approximate surface area is 124 Å². The molecule has 0 aromatic heterocycles. The molecule has 1 N–H and O–H groups in total. The first kappa shape index (κ1) is 14.2. The van der Waals surface area contributed by atoms with Gasteiger partial charge in [-0.3, -0.25) is 0 Å². The highest BCUT2D eigenvalue weighted by atomic mass is 16.5. The van der Waals surface area contributed by atoms with Crippen molar-refractivity contribution in [1.29, 1.82) is 0 Å². The van der Waals surface area contributed by atoms with E-state index in [0.29, 0.717) is 26.3 Å². The maximum atomic E-state index is 12.3. The minimum absolute atomic E-state index is 0.0565. The van der Waals surface area contributed by atoms with Crippen LogP contribution in [0.4, 0.5) is 16.2 Å². The Morgan fingerprint density at radius 3 is 2.29 bits per heavy atom. The average Bonchev–Trinajstić information content (AvgIpc) is 2.57. The molecule has 114 valence electrons. The van der Waals surface area contributed by atoms with Gasteiger partial charge in [-0.15, -0.1) is 0 Å². The van der Waals surface area contributed by atoms with E-state index in [4.69, 9.17) is 9.47 Å². The van der Waals surface area contributed by atoms with Gasteiger partial charge in [0.25, 0.3) is 0 Å².